The monoisotopic (exact) mass is 425 g/mol. The molecule has 1 aromatic heterocycles. The maximum atomic E-state index is 13.0. The van der Waals surface area contributed by atoms with Crippen molar-refractivity contribution in [3.05, 3.63) is 93.3 Å². The first-order chi connectivity index (χ1) is 14.9. The number of halogens is 1. The molecule has 31 heavy (non-hydrogen) atoms. The van der Waals surface area contributed by atoms with Gasteiger partial charge < -0.3 is 19.6 Å². The molecule has 7 heteroatoms. The van der Waals surface area contributed by atoms with Crippen molar-refractivity contribution < 1.29 is 23.4 Å². The Balaban J connectivity index is 1.78. The number of aromatic hydroxyl groups is 1. The predicted octanol–water partition coefficient (Wildman–Crippen LogP) is 3.68. The lowest BCUT2D eigenvalue weighted by Gasteiger charge is -2.18. The average molecular weight is 425 g/mol. The molecule has 0 fully saturated rings. The number of carbonyl (C=O) groups is 1. The zero-order valence-electron chi connectivity index (χ0n) is 17.4. The lowest BCUT2D eigenvalue weighted by molar-refractivity contribution is -0.121. The van der Waals surface area contributed by atoms with Gasteiger partial charge in [-0.1, -0.05) is 24.3 Å². The van der Waals surface area contributed by atoms with Crippen LogP contribution in [-0.2, 0) is 11.2 Å². The topological polar surface area (TPSA) is 88.8 Å². The zero-order chi connectivity index (χ0) is 22.4. The fourth-order valence-corrected chi connectivity index (χ4v) is 3.40. The van der Waals surface area contributed by atoms with Gasteiger partial charge in [0.1, 0.15) is 23.1 Å². The van der Waals surface area contributed by atoms with E-state index in [4.69, 9.17) is 9.15 Å². The van der Waals surface area contributed by atoms with Gasteiger partial charge >= 0.3 is 5.63 Å². The van der Waals surface area contributed by atoms with E-state index in [2.05, 4.69) is 5.32 Å². The number of hydrogen-bond donors (Lipinski definition) is 2. The van der Waals surface area contributed by atoms with Gasteiger partial charge in [-0.2, -0.15) is 0 Å². The lowest BCUT2D eigenvalue weighted by Crippen LogP contribution is -2.28. The lowest BCUT2D eigenvalue weighted by atomic mass is 9.88. The molecule has 0 saturated carbocycles. The molecule has 0 spiro atoms. The van der Waals surface area contributed by atoms with E-state index in [1.165, 1.54) is 18.2 Å². The van der Waals surface area contributed by atoms with Crippen LogP contribution in [0.15, 0.2) is 63.8 Å². The third-order valence-electron chi connectivity index (χ3n) is 4.99. The van der Waals surface area contributed by atoms with E-state index >= 15 is 0 Å². The molecule has 0 aliphatic carbocycles. The van der Waals surface area contributed by atoms with Gasteiger partial charge in [-0.3, -0.25) is 4.79 Å². The van der Waals surface area contributed by atoms with Crippen LogP contribution in [0.3, 0.4) is 0 Å². The van der Waals surface area contributed by atoms with Crippen molar-refractivity contribution in [2.24, 2.45) is 0 Å². The molecule has 0 bridgehead atoms. The van der Waals surface area contributed by atoms with Crippen LogP contribution < -0.4 is 15.7 Å². The molecule has 0 unspecified atom stereocenters. The Morgan fingerprint density at radius 3 is 2.45 bits per heavy atom. The maximum Gasteiger partial charge on any atom is 0.343 e. The highest BCUT2D eigenvalue weighted by Crippen LogP contribution is 2.33. The van der Waals surface area contributed by atoms with Gasteiger partial charge in [0.2, 0.25) is 5.91 Å². The number of rotatable bonds is 8. The number of methoxy groups -OCH3 is 1. The molecular formula is C24H24FNO5. The minimum Gasteiger partial charge on any atom is -0.507 e. The van der Waals surface area contributed by atoms with Gasteiger partial charge in [0, 0.05) is 24.9 Å². The predicted molar refractivity (Wildman–Crippen MR) is 114 cm³/mol. The van der Waals surface area contributed by atoms with Crippen LogP contribution in [0.4, 0.5) is 4.39 Å². The normalized spacial score (nSPS) is 11.7. The number of hydrogen-bond acceptors (Lipinski definition) is 5. The van der Waals surface area contributed by atoms with Gasteiger partial charge in [-0.25, -0.2) is 9.18 Å². The molecule has 1 amide bonds. The summed E-state index contributed by atoms with van der Waals surface area (Å²) in [6.07, 6.45) is 0.480. The van der Waals surface area contributed by atoms with Gasteiger partial charge in [0.15, 0.2) is 0 Å². The molecule has 0 aliphatic heterocycles. The van der Waals surface area contributed by atoms with E-state index in [-0.39, 0.29) is 35.2 Å². The minimum absolute atomic E-state index is 0.0319. The summed E-state index contributed by atoms with van der Waals surface area (Å²) in [5.41, 5.74) is 0.910. The maximum absolute atomic E-state index is 13.0. The van der Waals surface area contributed by atoms with Crippen LogP contribution >= 0.6 is 0 Å². The summed E-state index contributed by atoms with van der Waals surface area (Å²) in [7, 11) is 1.54. The van der Waals surface area contributed by atoms with E-state index in [0.717, 1.165) is 5.56 Å². The highest BCUT2D eigenvalue weighted by atomic mass is 19.1. The molecule has 1 heterocycles. The van der Waals surface area contributed by atoms with Crippen LogP contribution in [0.1, 0.15) is 34.8 Å². The number of ether oxygens (including phenoxy) is 1. The molecule has 0 radical (unpaired) electrons. The summed E-state index contributed by atoms with van der Waals surface area (Å²) < 4.78 is 23.3. The number of nitrogens with one attached hydrogen (secondary N) is 1. The van der Waals surface area contributed by atoms with E-state index < -0.39 is 11.5 Å². The number of aryl methyl sites for hydroxylation is 1. The Morgan fingerprint density at radius 2 is 1.84 bits per heavy atom. The Bertz CT molecular complexity index is 1090. The Kier molecular flexibility index (Phi) is 7.07. The van der Waals surface area contributed by atoms with Gasteiger partial charge in [0.05, 0.1) is 12.7 Å². The van der Waals surface area contributed by atoms with Crippen molar-refractivity contribution in [2.45, 2.75) is 25.7 Å². The molecule has 3 aromatic rings. The van der Waals surface area contributed by atoms with E-state index in [1.807, 2.05) is 0 Å². The Morgan fingerprint density at radius 1 is 1.16 bits per heavy atom. The van der Waals surface area contributed by atoms with Crippen LogP contribution in [-0.4, -0.2) is 24.7 Å². The van der Waals surface area contributed by atoms with Gasteiger partial charge in [-0.15, -0.1) is 0 Å². The summed E-state index contributed by atoms with van der Waals surface area (Å²) >= 11 is 0. The minimum atomic E-state index is -0.700. The first kappa shape index (κ1) is 22.1. The number of benzene rings is 2. The summed E-state index contributed by atoms with van der Waals surface area (Å²) in [5.74, 6) is -0.605. The van der Waals surface area contributed by atoms with Gasteiger partial charge in [-0.05, 0) is 48.7 Å². The smallest absolute Gasteiger partial charge is 0.343 e. The molecule has 1 atom stereocenters. The molecule has 162 valence electrons. The third-order valence-corrected chi connectivity index (χ3v) is 4.99. The standard InChI is InChI=1S/C24H24FNO5/c1-15-13-21(27)23(24(29)31-15)20(17-5-9-19(30-2)10-6-17)14-22(28)26-12-11-16-3-7-18(25)8-4-16/h3-10,13,20,27H,11-12,14H2,1-2H3,(H,26,28)/t20-/m0/s1. The zero-order valence-corrected chi connectivity index (χ0v) is 17.4. The van der Waals surface area contributed by atoms with Crippen LogP contribution in [0.5, 0.6) is 11.5 Å². The van der Waals surface area contributed by atoms with E-state index in [0.29, 0.717) is 24.3 Å². The van der Waals surface area contributed by atoms with Crippen LogP contribution in [0.2, 0.25) is 0 Å². The van der Waals surface area contributed by atoms with Crippen molar-refractivity contribution in [3.8, 4) is 11.5 Å². The second-order valence-corrected chi connectivity index (χ2v) is 7.20. The molecule has 0 saturated heterocycles. The summed E-state index contributed by atoms with van der Waals surface area (Å²) in [4.78, 5) is 25.1. The molecular weight excluding hydrogens is 401 g/mol. The van der Waals surface area contributed by atoms with Gasteiger partial charge in [0.25, 0.3) is 0 Å². The van der Waals surface area contributed by atoms with Crippen molar-refractivity contribution in [1.82, 2.24) is 5.32 Å². The SMILES string of the molecule is COc1ccc([C@H](CC(=O)NCCc2ccc(F)cc2)c2c(O)cc(C)oc2=O)cc1. The molecule has 3 rings (SSSR count). The fraction of sp³-hybridized carbons (Fsp3) is 0.250. The summed E-state index contributed by atoms with van der Waals surface area (Å²) in [6.45, 7) is 1.92. The second kappa shape index (κ2) is 9.93. The first-order valence-electron chi connectivity index (χ1n) is 9.86. The highest BCUT2D eigenvalue weighted by Gasteiger charge is 2.25. The second-order valence-electron chi connectivity index (χ2n) is 7.20. The average Bonchev–Trinajstić information content (AvgIpc) is 2.74. The Hall–Kier alpha value is -3.61. The summed E-state index contributed by atoms with van der Waals surface area (Å²) in [6, 6.07) is 14.4. The quantitative estimate of drug-likeness (QED) is 0.575. The van der Waals surface area contributed by atoms with Crippen LogP contribution in [0, 0.1) is 12.7 Å². The Labute approximate surface area is 179 Å². The van der Waals surface area contributed by atoms with Crippen molar-refractivity contribution in [2.75, 3.05) is 13.7 Å². The third kappa shape index (κ3) is 5.72. The van der Waals surface area contributed by atoms with Crippen LogP contribution in [0.25, 0.3) is 0 Å². The van der Waals surface area contributed by atoms with Crippen molar-refractivity contribution in [1.29, 1.82) is 0 Å². The first-order valence-corrected chi connectivity index (χ1v) is 9.86. The largest absolute Gasteiger partial charge is 0.507 e. The molecule has 2 N–H and O–H groups in total. The molecule has 0 aliphatic rings. The molecule has 2 aromatic carbocycles. The molecule has 6 nitrogen and oxygen atoms in total. The van der Waals surface area contributed by atoms with Crippen molar-refractivity contribution in [3.63, 3.8) is 0 Å². The summed E-state index contributed by atoms with van der Waals surface area (Å²) in [5, 5.41) is 13.2. The number of carbonyl (C=O) groups excluding carboxylic acids is 1. The highest BCUT2D eigenvalue weighted by molar-refractivity contribution is 5.77. The van der Waals surface area contributed by atoms with E-state index in [1.54, 1.807) is 50.4 Å². The van der Waals surface area contributed by atoms with Crippen molar-refractivity contribution >= 4 is 5.91 Å². The fourth-order valence-electron chi connectivity index (χ4n) is 3.40. The van der Waals surface area contributed by atoms with E-state index in [9.17, 15) is 19.1 Å². The number of amides is 1.